The second kappa shape index (κ2) is 7.25. The SMILES string of the molecule is CCCCCCC(NC)c1cnc2ccccc2c1. The first-order chi connectivity index (χ1) is 9.35. The van der Waals surface area contributed by atoms with E-state index >= 15 is 0 Å². The Balaban J connectivity index is 2.07. The van der Waals surface area contributed by atoms with Crippen molar-refractivity contribution >= 4 is 10.9 Å². The van der Waals surface area contributed by atoms with Crippen molar-refractivity contribution in [3.63, 3.8) is 0 Å². The average molecular weight is 256 g/mol. The van der Waals surface area contributed by atoms with Crippen molar-refractivity contribution < 1.29 is 0 Å². The Morgan fingerprint density at radius 2 is 2.00 bits per heavy atom. The third-order valence-electron chi connectivity index (χ3n) is 3.71. The Kier molecular flexibility index (Phi) is 5.34. The van der Waals surface area contributed by atoms with Crippen LogP contribution in [0.4, 0.5) is 0 Å². The minimum atomic E-state index is 0.425. The lowest BCUT2D eigenvalue weighted by Gasteiger charge is -2.16. The Morgan fingerprint density at radius 3 is 2.79 bits per heavy atom. The van der Waals surface area contributed by atoms with E-state index in [1.54, 1.807) is 0 Å². The third kappa shape index (κ3) is 3.77. The van der Waals surface area contributed by atoms with Crippen LogP contribution in [0.2, 0.25) is 0 Å². The summed E-state index contributed by atoms with van der Waals surface area (Å²) in [5, 5.41) is 4.65. The zero-order valence-electron chi connectivity index (χ0n) is 12.0. The van der Waals surface area contributed by atoms with Crippen molar-refractivity contribution in [2.24, 2.45) is 0 Å². The zero-order chi connectivity index (χ0) is 13.5. The fourth-order valence-corrected chi connectivity index (χ4v) is 2.53. The van der Waals surface area contributed by atoms with Gasteiger partial charge in [-0.3, -0.25) is 4.98 Å². The largest absolute Gasteiger partial charge is 0.313 e. The van der Waals surface area contributed by atoms with Crippen molar-refractivity contribution in [1.29, 1.82) is 0 Å². The predicted molar refractivity (Wildman–Crippen MR) is 82.3 cm³/mol. The molecule has 0 aliphatic heterocycles. The average Bonchev–Trinajstić information content (AvgIpc) is 2.47. The zero-order valence-corrected chi connectivity index (χ0v) is 12.0. The number of unbranched alkanes of at least 4 members (excludes halogenated alkanes) is 3. The van der Waals surface area contributed by atoms with Crippen LogP contribution >= 0.6 is 0 Å². The highest BCUT2D eigenvalue weighted by atomic mass is 14.9. The van der Waals surface area contributed by atoms with Gasteiger partial charge >= 0.3 is 0 Å². The van der Waals surface area contributed by atoms with Gasteiger partial charge in [-0.2, -0.15) is 0 Å². The number of pyridine rings is 1. The minimum Gasteiger partial charge on any atom is -0.313 e. The number of hydrogen-bond donors (Lipinski definition) is 1. The number of nitrogens with zero attached hydrogens (tertiary/aromatic N) is 1. The lowest BCUT2D eigenvalue weighted by Crippen LogP contribution is -2.16. The Hall–Kier alpha value is -1.41. The number of aromatic nitrogens is 1. The van der Waals surface area contributed by atoms with Gasteiger partial charge in [-0.1, -0.05) is 50.8 Å². The van der Waals surface area contributed by atoms with Crippen LogP contribution < -0.4 is 5.32 Å². The number of hydrogen-bond acceptors (Lipinski definition) is 2. The van der Waals surface area contributed by atoms with Gasteiger partial charge in [0.05, 0.1) is 5.52 Å². The van der Waals surface area contributed by atoms with Crippen LogP contribution in [-0.4, -0.2) is 12.0 Å². The van der Waals surface area contributed by atoms with Gasteiger partial charge in [-0.15, -0.1) is 0 Å². The van der Waals surface area contributed by atoms with Crippen molar-refractivity contribution in [2.45, 2.75) is 45.1 Å². The van der Waals surface area contributed by atoms with Crippen LogP contribution in [0, 0.1) is 0 Å². The second-order valence-corrected chi connectivity index (χ2v) is 5.15. The fourth-order valence-electron chi connectivity index (χ4n) is 2.53. The maximum atomic E-state index is 4.55. The summed E-state index contributed by atoms with van der Waals surface area (Å²) in [4.78, 5) is 4.55. The monoisotopic (exact) mass is 256 g/mol. The summed E-state index contributed by atoms with van der Waals surface area (Å²) < 4.78 is 0. The van der Waals surface area contributed by atoms with Crippen LogP contribution in [0.1, 0.15) is 50.6 Å². The fraction of sp³-hybridized carbons (Fsp3) is 0.471. The Bertz CT molecular complexity index is 507. The molecule has 2 aromatic rings. The quantitative estimate of drug-likeness (QED) is 0.739. The molecule has 19 heavy (non-hydrogen) atoms. The van der Waals surface area contributed by atoms with Gasteiger partial charge in [-0.05, 0) is 31.2 Å². The standard InChI is InChI=1S/C17H24N2/c1-3-4-5-6-10-16(18-2)15-12-14-9-7-8-11-17(14)19-13-15/h7-9,11-13,16,18H,3-6,10H2,1-2H3. The number of fused-ring (bicyclic) bond motifs is 1. The molecule has 0 spiro atoms. The molecule has 0 bridgehead atoms. The van der Waals surface area contributed by atoms with Crippen molar-refractivity contribution in [3.8, 4) is 0 Å². The highest BCUT2D eigenvalue weighted by molar-refractivity contribution is 5.78. The van der Waals surface area contributed by atoms with E-state index in [0.717, 1.165) is 5.52 Å². The van der Waals surface area contributed by atoms with Crippen LogP contribution in [0.5, 0.6) is 0 Å². The second-order valence-electron chi connectivity index (χ2n) is 5.15. The first-order valence-corrected chi connectivity index (χ1v) is 7.37. The maximum Gasteiger partial charge on any atom is 0.0702 e. The molecule has 1 heterocycles. The highest BCUT2D eigenvalue weighted by Crippen LogP contribution is 2.22. The van der Waals surface area contributed by atoms with Crippen LogP contribution in [0.15, 0.2) is 36.5 Å². The van der Waals surface area contributed by atoms with E-state index in [1.807, 2.05) is 19.3 Å². The van der Waals surface area contributed by atoms with Gasteiger partial charge in [0.2, 0.25) is 0 Å². The van der Waals surface area contributed by atoms with E-state index in [4.69, 9.17) is 0 Å². The molecule has 0 radical (unpaired) electrons. The normalized spacial score (nSPS) is 12.7. The molecule has 1 unspecified atom stereocenters. The summed E-state index contributed by atoms with van der Waals surface area (Å²) in [6.07, 6.45) is 8.45. The molecule has 0 aliphatic carbocycles. The smallest absolute Gasteiger partial charge is 0.0702 e. The highest BCUT2D eigenvalue weighted by Gasteiger charge is 2.09. The van der Waals surface area contributed by atoms with E-state index < -0.39 is 0 Å². The number of nitrogens with one attached hydrogen (secondary N) is 1. The molecule has 0 saturated heterocycles. The van der Waals surface area contributed by atoms with Gasteiger partial charge in [0.15, 0.2) is 0 Å². The predicted octanol–water partition coefficient (Wildman–Crippen LogP) is 4.47. The molecular weight excluding hydrogens is 232 g/mol. The molecule has 0 amide bonds. The van der Waals surface area contributed by atoms with E-state index in [1.165, 1.54) is 43.1 Å². The molecule has 102 valence electrons. The molecule has 2 nitrogen and oxygen atoms in total. The number of para-hydroxylation sites is 1. The molecule has 1 aromatic carbocycles. The molecule has 2 heteroatoms. The van der Waals surface area contributed by atoms with Gasteiger partial charge in [-0.25, -0.2) is 0 Å². The summed E-state index contributed by atoms with van der Waals surface area (Å²) in [6, 6.07) is 11.0. The molecule has 0 saturated carbocycles. The van der Waals surface area contributed by atoms with Crippen molar-refractivity contribution in [2.75, 3.05) is 7.05 Å². The molecular formula is C17H24N2. The summed E-state index contributed by atoms with van der Waals surface area (Å²) in [5.41, 5.74) is 2.38. The van der Waals surface area contributed by atoms with Gasteiger partial charge in [0.25, 0.3) is 0 Å². The van der Waals surface area contributed by atoms with Crippen molar-refractivity contribution in [3.05, 3.63) is 42.1 Å². The van der Waals surface area contributed by atoms with E-state index in [-0.39, 0.29) is 0 Å². The Labute approximate surface area is 116 Å². The summed E-state index contributed by atoms with van der Waals surface area (Å²) in [6.45, 7) is 2.25. The van der Waals surface area contributed by atoms with Crippen LogP contribution in [0.25, 0.3) is 10.9 Å². The molecule has 2 rings (SSSR count). The molecule has 0 aliphatic rings. The molecule has 1 N–H and O–H groups in total. The topological polar surface area (TPSA) is 24.9 Å². The summed E-state index contributed by atoms with van der Waals surface area (Å²) >= 11 is 0. The van der Waals surface area contributed by atoms with Gasteiger partial charge in [0.1, 0.15) is 0 Å². The number of rotatable bonds is 7. The van der Waals surface area contributed by atoms with Crippen LogP contribution in [0.3, 0.4) is 0 Å². The number of benzene rings is 1. The van der Waals surface area contributed by atoms with E-state index in [9.17, 15) is 0 Å². The first kappa shape index (κ1) is 14.0. The molecule has 1 aromatic heterocycles. The van der Waals surface area contributed by atoms with Gasteiger partial charge < -0.3 is 5.32 Å². The van der Waals surface area contributed by atoms with Crippen LogP contribution in [-0.2, 0) is 0 Å². The lowest BCUT2D eigenvalue weighted by atomic mass is 10.0. The summed E-state index contributed by atoms with van der Waals surface area (Å²) in [5.74, 6) is 0. The summed E-state index contributed by atoms with van der Waals surface area (Å²) in [7, 11) is 2.04. The van der Waals surface area contributed by atoms with E-state index in [0.29, 0.717) is 6.04 Å². The van der Waals surface area contributed by atoms with Gasteiger partial charge in [0, 0.05) is 17.6 Å². The molecule has 0 fully saturated rings. The minimum absolute atomic E-state index is 0.425. The Morgan fingerprint density at radius 1 is 1.16 bits per heavy atom. The maximum absolute atomic E-state index is 4.55. The third-order valence-corrected chi connectivity index (χ3v) is 3.71. The van der Waals surface area contributed by atoms with E-state index in [2.05, 4.69) is 41.5 Å². The first-order valence-electron chi connectivity index (χ1n) is 7.37. The van der Waals surface area contributed by atoms with Crippen molar-refractivity contribution in [1.82, 2.24) is 10.3 Å². The molecule has 1 atom stereocenters. The lowest BCUT2D eigenvalue weighted by molar-refractivity contribution is 0.504.